The minimum atomic E-state index is -0.231. The van der Waals surface area contributed by atoms with Crippen LogP contribution in [0.2, 0.25) is 0 Å². The van der Waals surface area contributed by atoms with E-state index in [0.717, 1.165) is 6.42 Å². The molecule has 1 fully saturated rings. The summed E-state index contributed by atoms with van der Waals surface area (Å²) in [5.41, 5.74) is 6.02. The van der Waals surface area contributed by atoms with Gasteiger partial charge in [0.25, 0.3) is 0 Å². The number of nitrogens with zero attached hydrogens (tertiary/aromatic N) is 2. The predicted octanol–water partition coefficient (Wildman–Crippen LogP) is 1.20. The van der Waals surface area contributed by atoms with Crippen molar-refractivity contribution in [1.82, 2.24) is 10.1 Å². The van der Waals surface area contributed by atoms with Crippen LogP contribution < -0.4 is 5.73 Å². The van der Waals surface area contributed by atoms with Crippen LogP contribution in [0.4, 0.5) is 0 Å². The third-order valence-corrected chi connectivity index (χ3v) is 3.10. The van der Waals surface area contributed by atoms with E-state index in [1.807, 2.05) is 0 Å². The number of nitrogens with two attached hydrogens (primary N) is 1. The molecule has 6 nitrogen and oxygen atoms in total. The third kappa shape index (κ3) is 2.83. The van der Waals surface area contributed by atoms with Crippen LogP contribution >= 0.6 is 0 Å². The average molecular weight is 241 g/mol. The number of ether oxygens (including phenoxy) is 2. The Morgan fingerprint density at radius 2 is 2.29 bits per heavy atom. The summed E-state index contributed by atoms with van der Waals surface area (Å²) in [5.74, 6) is 1.31. The minimum absolute atomic E-state index is 0.217. The fourth-order valence-corrected chi connectivity index (χ4v) is 1.65. The monoisotopic (exact) mass is 241 g/mol. The van der Waals surface area contributed by atoms with E-state index in [1.165, 1.54) is 0 Å². The van der Waals surface area contributed by atoms with E-state index in [9.17, 15) is 0 Å². The van der Waals surface area contributed by atoms with Crippen molar-refractivity contribution >= 4 is 0 Å². The van der Waals surface area contributed by atoms with Crippen LogP contribution in [0.25, 0.3) is 0 Å². The Balaban J connectivity index is 2.04. The lowest BCUT2D eigenvalue weighted by molar-refractivity contribution is -0.0941. The molecule has 0 amide bonds. The predicted molar refractivity (Wildman–Crippen MR) is 60.2 cm³/mol. The first-order valence-electron chi connectivity index (χ1n) is 6.00. The van der Waals surface area contributed by atoms with Gasteiger partial charge in [0.05, 0.1) is 25.9 Å². The molecule has 0 aromatic carbocycles. The summed E-state index contributed by atoms with van der Waals surface area (Å²) >= 11 is 0. The van der Waals surface area contributed by atoms with Gasteiger partial charge in [-0.25, -0.2) is 0 Å². The maximum absolute atomic E-state index is 6.02. The molecule has 6 heteroatoms. The SMILES string of the molecule is CCC(C)C(N)c1nc(C2COCCO2)no1. The molecule has 1 saturated heterocycles. The van der Waals surface area contributed by atoms with Crippen LogP contribution in [0.5, 0.6) is 0 Å². The van der Waals surface area contributed by atoms with E-state index in [0.29, 0.717) is 37.5 Å². The zero-order valence-electron chi connectivity index (χ0n) is 10.3. The van der Waals surface area contributed by atoms with Gasteiger partial charge in [0.15, 0.2) is 0 Å². The second-order valence-corrected chi connectivity index (χ2v) is 4.34. The second-order valence-electron chi connectivity index (χ2n) is 4.34. The lowest BCUT2D eigenvalue weighted by Gasteiger charge is -2.19. The van der Waals surface area contributed by atoms with Crippen LogP contribution in [0.1, 0.15) is 44.1 Å². The van der Waals surface area contributed by atoms with Gasteiger partial charge < -0.3 is 19.7 Å². The maximum atomic E-state index is 6.02. The van der Waals surface area contributed by atoms with Gasteiger partial charge in [0, 0.05) is 0 Å². The highest BCUT2D eigenvalue weighted by molar-refractivity contribution is 4.97. The summed E-state index contributed by atoms with van der Waals surface area (Å²) in [6.07, 6.45) is 0.743. The number of rotatable bonds is 4. The minimum Gasteiger partial charge on any atom is -0.376 e. The molecule has 0 aliphatic carbocycles. The van der Waals surface area contributed by atoms with Crippen molar-refractivity contribution in [2.45, 2.75) is 32.4 Å². The highest BCUT2D eigenvalue weighted by atomic mass is 16.6. The van der Waals surface area contributed by atoms with Crippen LogP contribution in [0.3, 0.4) is 0 Å². The molecule has 3 unspecified atom stereocenters. The van der Waals surface area contributed by atoms with Crippen molar-refractivity contribution < 1.29 is 14.0 Å². The lowest BCUT2D eigenvalue weighted by Crippen LogP contribution is -2.23. The quantitative estimate of drug-likeness (QED) is 0.852. The maximum Gasteiger partial charge on any atom is 0.243 e. The normalized spacial score (nSPS) is 24.5. The fraction of sp³-hybridized carbons (Fsp3) is 0.818. The molecule has 2 N–H and O–H groups in total. The Bertz CT molecular complexity index is 333. The Morgan fingerprint density at radius 3 is 2.94 bits per heavy atom. The summed E-state index contributed by atoms with van der Waals surface area (Å²) < 4.78 is 16.0. The largest absolute Gasteiger partial charge is 0.376 e. The van der Waals surface area contributed by atoms with Gasteiger partial charge >= 0.3 is 0 Å². The Kier molecular flexibility index (Phi) is 4.09. The summed E-state index contributed by atoms with van der Waals surface area (Å²) in [7, 11) is 0. The van der Waals surface area contributed by atoms with Crippen LogP contribution in [-0.4, -0.2) is 30.0 Å². The van der Waals surface area contributed by atoms with Crippen molar-refractivity contribution in [1.29, 1.82) is 0 Å². The van der Waals surface area contributed by atoms with Crippen molar-refractivity contribution in [2.24, 2.45) is 11.7 Å². The van der Waals surface area contributed by atoms with Crippen LogP contribution in [0, 0.1) is 5.92 Å². The third-order valence-electron chi connectivity index (χ3n) is 3.10. The van der Waals surface area contributed by atoms with E-state index in [-0.39, 0.29) is 12.1 Å². The summed E-state index contributed by atoms with van der Waals surface area (Å²) in [5, 5.41) is 3.91. The Hall–Kier alpha value is -0.980. The van der Waals surface area contributed by atoms with E-state index < -0.39 is 0 Å². The molecular formula is C11H19N3O3. The number of aromatic nitrogens is 2. The summed E-state index contributed by atoms with van der Waals surface area (Å²) in [4.78, 5) is 4.30. The fourth-order valence-electron chi connectivity index (χ4n) is 1.65. The summed E-state index contributed by atoms with van der Waals surface area (Å²) in [6, 6.07) is -0.217. The molecule has 0 radical (unpaired) electrons. The van der Waals surface area contributed by atoms with Gasteiger partial charge in [-0.1, -0.05) is 25.4 Å². The molecule has 0 bridgehead atoms. The van der Waals surface area contributed by atoms with E-state index in [4.69, 9.17) is 19.7 Å². The van der Waals surface area contributed by atoms with E-state index >= 15 is 0 Å². The molecule has 17 heavy (non-hydrogen) atoms. The second kappa shape index (κ2) is 5.57. The molecule has 96 valence electrons. The highest BCUT2D eigenvalue weighted by Gasteiger charge is 2.25. The van der Waals surface area contributed by atoms with Gasteiger partial charge in [-0.05, 0) is 5.92 Å². The first-order valence-corrected chi connectivity index (χ1v) is 6.00. The Labute approximate surface area is 100 Å². The Morgan fingerprint density at radius 1 is 1.47 bits per heavy atom. The standard InChI is InChI=1S/C11H19N3O3/c1-3-7(2)9(12)11-13-10(14-17-11)8-6-15-4-5-16-8/h7-9H,3-6,12H2,1-2H3. The van der Waals surface area contributed by atoms with Crippen molar-refractivity contribution in [3.8, 4) is 0 Å². The van der Waals surface area contributed by atoms with Crippen molar-refractivity contribution in [3.05, 3.63) is 11.7 Å². The first kappa shape index (κ1) is 12.5. The van der Waals surface area contributed by atoms with Gasteiger partial charge in [-0.3, -0.25) is 0 Å². The molecule has 1 aliphatic rings. The first-order chi connectivity index (χ1) is 8.22. The highest BCUT2D eigenvalue weighted by Crippen LogP contribution is 2.23. The molecular weight excluding hydrogens is 222 g/mol. The molecule has 3 atom stereocenters. The molecule has 2 heterocycles. The number of hydrogen-bond acceptors (Lipinski definition) is 6. The van der Waals surface area contributed by atoms with Crippen LogP contribution in [0.15, 0.2) is 4.52 Å². The van der Waals surface area contributed by atoms with Gasteiger partial charge in [-0.2, -0.15) is 4.98 Å². The zero-order chi connectivity index (χ0) is 12.3. The van der Waals surface area contributed by atoms with Gasteiger partial charge in [0.1, 0.15) is 6.10 Å². The van der Waals surface area contributed by atoms with Crippen molar-refractivity contribution in [2.75, 3.05) is 19.8 Å². The average Bonchev–Trinajstić information content (AvgIpc) is 2.87. The topological polar surface area (TPSA) is 83.4 Å². The van der Waals surface area contributed by atoms with Gasteiger partial charge in [0.2, 0.25) is 11.7 Å². The molecule has 0 saturated carbocycles. The zero-order valence-corrected chi connectivity index (χ0v) is 10.3. The molecule has 1 aliphatic heterocycles. The summed E-state index contributed by atoms with van der Waals surface area (Å²) in [6.45, 7) is 5.80. The van der Waals surface area contributed by atoms with Crippen molar-refractivity contribution in [3.63, 3.8) is 0 Å². The van der Waals surface area contributed by atoms with Gasteiger partial charge in [-0.15, -0.1) is 0 Å². The van der Waals surface area contributed by atoms with E-state index in [2.05, 4.69) is 24.0 Å². The smallest absolute Gasteiger partial charge is 0.243 e. The lowest BCUT2D eigenvalue weighted by atomic mass is 10.0. The molecule has 0 spiro atoms. The molecule has 2 rings (SSSR count). The molecule has 1 aromatic rings. The molecule has 1 aromatic heterocycles. The van der Waals surface area contributed by atoms with Crippen LogP contribution in [-0.2, 0) is 9.47 Å². The van der Waals surface area contributed by atoms with E-state index in [1.54, 1.807) is 0 Å². The number of hydrogen-bond donors (Lipinski definition) is 1.